The van der Waals surface area contributed by atoms with E-state index < -0.39 is 18.1 Å². The smallest absolute Gasteiger partial charge is 0.408 e. The number of nitrogens with zero attached hydrogens (tertiary/aromatic N) is 3. The van der Waals surface area contributed by atoms with Gasteiger partial charge in [-0.25, -0.2) is 19.2 Å². The lowest BCUT2D eigenvalue weighted by molar-refractivity contribution is -0.0551. The molecule has 180 valence electrons. The number of likely N-dealkylation sites (tertiary alicyclic amines) is 1. The second kappa shape index (κ2) is 10.3. The maximum atomic E-state index is 14.5. The fourth-order valence-electron chi connectivity index (χ4n) is 3.76. The lowest BCUT2D eigenvalue weighted by Gasteiger charge is -2.36. The van der Waals surface area contributed by atoms with Crippen molar-refractivity contribution in [2.45, 2.75) is 25.2 Å². The van der Waals surface area contributed by atoms with E-state index in [0.717, 1.165) is 6.42 Å². The molecule has 1 amide bonds. The number of anilines is 2. The third kappa shape index (κ3) is 5.07. The van der Waals surface area contributed by atoms with Gasteiger partial charge in [0.25, 0.3) is 0 Å². The van der Waals surface area contributed by atoms with Crippen LogP contribution in [0.3, 0.4) is 0 Å². The number of ether oxygens (including phenoxy) is 3. The van der Waals surface area contributed by atoms with Gasteiger partial charge in [-0.1, -0.05) is 17.7 Å². The van der Waals surface area contributed by atoms with Crippen molar-refractivity contribution >= 4 is 40.1 Å². The Bertz CT molecular complexity index is 1200. The summed E-state index contributed by atoms with van der Waals surface area (Å²) in [7, 11) is 4.95. The Kier molecular flexibility index (Phi) is 7.18. The molecule has 2 unspecified atom stereocenters. The third-order valence-corrected chi connectivity index (χ3v) is 5.92. The zero-order chi connectivity index (χ0) is 24.2. The molecular weight excluding hydrogens is 465 g/mol. The molecule has 2 aromatic carbocycles. The summed E-state index contributed by atoms with van der Waals surface area (Å²) in [6.07, 6.45) is 1.46. The summed E-state index contributed by atoms with van der Waals surface area (Å²) in [4.78, 5) is 22.2. The van der Waals surface area contributed by atoms with Gasteiger partial charge >= 0.3 is 6.09 Å². The Morgan fingerprint density at radius 2 is 2.09 bits per heavy atom. The number of carbonyl (C=O) groups excluding carboxylic acids is 1. The maximum absolute atomic E-state index is 14.5. The number of hydrogen-bond donors (Lipinski definition) is 2. The third-order valence-electron chi connectivity index (χ3n) is 5.63. The highest BCUT2D eigenvalue weighted by molar-refractivity contribution is 6.31. The highest BCUT2D eigenvalue weighted by atomic mass is 35.5. The largest absolute Gasteiger partial charge is 0.493 e. The molecule has 0 radical (unpaired) electrons. The van der Waals surface area contributed by atoms with Gasteiger partial charge in [0.2, 0.25) is 0 Å². The van der Waals surface area contributed by atoms with Crippen LogP contribution in [0.25, 0.3) is 10.9 Å². The minimum absolute atomic E-state index is 0.00449. The van der Waals surface area contributed by atoms with Crippen molar-refractivity contribution in [3.63, 3.8) is 0 Å². The van der Waals surface area contributed by atoms with E-state index in [0.29, 0.717) is 41.2 Å². The van der Waals surface area contributed by atoms with Crippen LogP contribution in [0.4, 0.5) is 20.7 Å². The molecule has 1 aromatic heterocycles. The molecule has 2 atom stereocenters. The zero-order valence-corrected chi connectivity index (χ0v) is 19.7. The highest BCUT2D eigenvalue weighted by Crippen LogP contribution is 2.37. The molecule has 0 spiro atoms. The molecule has 1 aliphatic heterocycles. The number of alkyl carbamates (subject to hydrolysis) is 1. The number of fused-ring (bicyclic) bond motifs is 1. The van der Waals surface area contributed by atoms with Gasteiger partial charge in [0.05, 0.1) is 23.3 Å². The Balaban J connectivity index is 1.63. The summed E-state index contributed by atoms with van der Waals surface area (Å²) in [5, 5.41) is 6.07. The number of halogens is 2. The minimum Gasteiger partial charge on any atom is -0.493 e. The fourth-order valence-corrected chi connectivity index (χ4v) is 3.94. The summed E-state index contributed by atoms with van der Waals surface area (Å²) < 4.78 is 31.7. The van der Waals surface area contributed by atoms with Crippen LogP contribution < -0.4 is 20.1 Å². The molecule has 2 heterocycles. The first-order valence-corrected chi connectivity index (χ1v) is 11.1. The molecule has 1 aliphatic rings. The zero-order valence-electron chi connectivity index (χ0n) is 19.0. The maximum Gasteiger partial charge on any atom is 0.408 e. The number of amides is 1. The SMILES string of the molecule is CNC(=O)OC1CC(Oc2cc3c(Nc4cccc(Cl)c4F)ncnc3cc2OC)CCN1C. The average molecular weight is 490 g/mol. The van der Waals surface area contributed by atoms with E-state index in [1.54, 1.807) is 31.4 Å². The summed E-state index contributed by atoms with van der Waals surface area (Å²) in [6.45, 7) is 0.687. The van der Waals surface area contributed by atoms with Crippen LogP contribution in [0, 0.1) is 5.82 Å². The first kappa shape index (κ1) is 23.8. The number of hydrogen-bond acceptors (Lipinski definition) is 8. The summed E-state index contributed by atoms with van der Waals surface area (Å²) >= 11 is 5.91. The Morgan fingerprint density at radius 1 is 1.26 bits per heavy atom. The van der Waals surface area contributed by atoms with Crippen molar-refractivity contribution in [1.29, 1.82) is 0 Å². The van der Waals surface area contributed by atoms with E-state index in [4.69, 9.17) is 25.8 Å². The van der Waals surface area contributed by atoms with E-state index in [-0.39, 0.29) is 16.8 Å². The van der Waals surface area contributed by atoms with Crippen LogP contribution in [0.2, 0.25) is 5.02 Å². The van der Waals surface area contributed by atoms with Crippen LogP contribution in [0.1, 0.15) is 12.8 Å². The van der Waals surface area contributed by atoms with Crippen LogP contribution in [-0.2, 0) is 4.74 Å². The van der Waals surface area contributed by atoms with Gasteiger partial charge < -0.3 is 24.8 Å². The summed E-state index contributed by atoms with van der Waals surface area (Å²) in [5.74, 6) is 0.790. The van der Waals surface area contributed by atoms with Crippen LogP contribution in [0.5, 0.6) is 11.5 Å². The highest BCUT2D eigenvalue weighted by Gasteiger charge is 2.30. The topological polar surface area (TPSA) is 97.8 Å². The van der Waals surface area contributed by atoms with E-state index in [2.05, 4.69) is 20.6 Å². The molecule has 9 nitrogen and oxygen atoms in total. The number of methoxy groups -OCH3 is 1. The molecule has 1 fully saturated rings. The van der Waals surface area contributed by atoms with Gasteiger partial charge in [0.1, 0.15) is 18.2 Å². The summed E-state index contributed by atoms with van der Waals surface area (Å²) in [5.41, 5.74) is 0.781. The molecule has 11 heteroatoms. The second-order valence-electron chi connectivity index (χ2n) is 7.82. The van der Waals surface area contributed by atoms with Crippen LogP contribution >= 0.6 is 11.6 Å². The Hall–Kier alpha value is -3.37. The molecule has 4 rings (SSSR count). The Labute approximate surface area is 201 Å². The number of benzene rings is 2. The van der Waals surface area contributed by atoms with E-state index in [9.17, 15) is 9.18 Å². The molecule has 1 saturated heterocycles. The van der Waals surface area contributed by atoms with Gasteiger partial charge in [-0.15, -0.1) is 0 Å². The fraction of sp³-hybridized carbons (Fsp3) is 0.348. The number of rotatable bonds is 6. The minimum atomic E-state index is -0.575. The van der Waals surface area contributed by atoms with E-state index in [1.165, 1.54) is 19.4 Å². The van der Waals surface area contributed by atoms with Crippen LogP contribution in [-0.4, -0.2) is 61.0 Å². The van der Waals surface area contributed by atoms with Crippen molar-refractivity contribution in [1.82, 2.24) is 20.2 Å². The molecule has 2 N–H and O–H groups in total. The van der Waals surface area contributed by atoms with Gasteiger partial charge in [0, 0.05) is 31.5 Å². The van der Waals surface area contributed by atoms with Gasteiger partial charge in [-0.2, -0.15) is 0 Å². The van der Waals surface area contributed by atoms with Crippen molar-refractivity contribution in [2.24, 2.45) is 0 Å². The number of carbonyl (C=O) groups is 1. The van der Waals surface area contributed by atoms with Crippen molar-refractivity contribution in [3.05, 3.63) is 47.5 Å². The van der Waals surface area contributed by atoms with Crippen molar-refractivity contribution < 1.29 is 23.4 Å². The second-order valence-corrected chi connectivity index (χ2v) is 8.23. The molecule has 0 saturated carbocycles. The lowest BCUT2D eigenvalue weighted by Crippen LogP contribution is -2.47. The standard InChI is InChI=1S/C23H25ClFN5O4/c1-26-23(31)34-20-9-13(7-8-30(20)2)33-19-10-14-17(11-18(19)32-3)27-12-28-22(14)29-16-6-4-5-15(24)21(16)25/h4-6,10-13,20H,7-9H2,1-3H3,(H,26,31)(H,27,28,29). The average Bonchev–Trinajstić information content (AvgIpc) is 2.84. The van der Waals surface area contributed by atoms with Gasteiger partial charge in [-0.05, 0) is 31.7 Å². The first-order chi connectivity index (χ1) is 16.4. The van der Waals surface area contributed by atoms with Crippen molar-refractivity contribution in [2.75, 3.05) is 33.1 Å². The van der Waals surface area contributed by atoms with Crippen molar-refractivity contribution in [3.8, 4) is 11.5 Å². The monoisotopic (exact) mass is 489 g/mol. The van der Waals surface area contributed by atoms with Gasteiger partial charge in [-0.3, -0.25) is 4.90 Å². The quantitative estimate of drug-likeness (QED) is 0.528. The number of nitrogens with one attached hydrogen (secondary N) is 2. The molecular formula is C23H25ClFN5O4. The predicted molar refractivity (Wildman–Crippen MR) is 126 cm³/mol. The molecule has 0 aliphatic carbocycles. The normalized spacial score (nSPS) is 18.4. The lowest BCUT2D eigenvalue weighted by atomic mass is 10.1. The van der Waals surface area contributed by atoms with Crippen LogP contribution in [0.15, 0.2) is 36.7 Å². The Morgan fingerprint density at radius 3 is 2.85 bits per heavy atom. The van der Waals surface area contributed by atoms with E-state index >= 15 is 0 Å². The first-order valence-electron chi connectivity index (χ1n) is 10.7. The molecule has 3 aromatic rings. The van der Waals surface area contributed by atoms with E-state index in [1.807, 2.05) is 11.9 Å². The summed E-state index contributed by atoms with van der Waals surface area (Å²) in [6, 6.07) is 8.18. The number of aromatic nitrogens is 2. The molecule has 34 heavy (non-hydrogen) atoms. The predicted octanol–water partition coefficient (Wildman–Crippen LogP) is 4.33. The van der Waals surface area contributed by atoms with Gasteiger partial charge in [0.15, 0.2) is 23.5 Å². The molecule has 0 bridgehead atoms. The number of piperidine rings is 1.